The van der Waals surface area contributed by atoms with E-state index in [-0.39, 0.29) is 0 Å². The monoisotopic (exact) mass is 328 g/mol. The van der Waals surface area contributed by atoms with Gasteiger partial charge >= 0.3 is 0 Å². The van der Waals surface area contributed by atoms with E-state index in [9.17, 15) is 0 Å². The van der Waals surface area contributed by atoms with E-state index in [0.29, 0.717) is 5.25 Å². The molecule has 2 bridgehead atoms. The van der Waals surface area contributed by atoms with E-state index < -0.39 is 0 Å². The summed E-state index contributed by atoms with van der Waals surface area (Å²) < 4.78 is 0. The fourth-order valence-corrected chi connectivity index (χ4v) is 4.56. The minimum Gasteiger partial charge on any atom is -0.172 e. The summed E-state index contributed by atoms with van der Waals surface area (Å²) in [6, 6.07) is 13.8. The number of aryl methyl sites for hydroxylation is 1. The Hall–Kier alpha value is -1.99. The van der Waals surface area contributed by atoms with Crippen molar-refractivity contribution in [3.8, 4) is 0 Å². The summed E-state index contributed by atoms with van der Waals surface area (Å²) in [6.07, 6.45) is 10.2. The number of benzene rings is 3. The highest BCUT2D eigenvalue weighted by atomic mass is 32.1. The number of fused-ring (bicyclic) bond motifs is 2. The summed E-state index contributed by atoms with van der Waals surface area (Å²) >= 11 is 4.72. The van der Waals surface area contributed by atoms with Crippen molar-refractivity contribution in [1.82, 2.24) is 0 Å². The summed E-state index contributed by atoms with van der Waals surface area (Å²) in [5.41, 5.74) is 7.13. The minimum absolute atomic E-state index is 0.330. The van der Waals surface area contributed by atoms with E-state index in [1.165, 1.54) is 49.4 Å². The van der Waals surface area contributed by atoms with Crippen LogP contribution in [0.5, 0.6) is 0 Å². The molecular weight excluding hydrogens is 308 g/mol. The first kappa shape index (κ1) is 14.4. The Balaban J connectivity index is 2.00. The Morgan fingerprint density at radius 3 is 2.75 bits per heavy atom. The van der Waals surface area contributed by atoms with Crippen LogP contribution in [0.2, 0.25) is 0 Å². The highest BCUT2D eigenvalue weighted by Crippen LogP contribution is 2.43. The Labute approximate surface area is 148 Å². The summed E-state index contributed by atoms with van der Waals surface area (Å²) in [5.74, 6) is 0. The third-order valence-electron chi connectivity index (χ3n) is 5.45. The summed E-state index contributed by atoms with van der Waals surface area (Å²) in [7, 11) is 0. The maximum absolute atomic E-state index is 4.72. The molecule has 1 unspecified atom stereocenters. The lowest BCUT2D eigenvalue weighted by molar-refractivity contribution is 0.888. The van der Waals surface area contributed by atoms with Crippen molar-refractivity contribution >= 4 is 45.8 Å². The van der Waals surface area contributed by atoms with Crippen molar-refractivity contribution in [1.29, 1.82) is 0 Å². The molecule has 3 aromatic rings. The molecule has 0 N–H and O–H groups in total. The number of thiol groups is 1. The smallest absolute Gasteiger partial charge is 0.0203 e. The lowest BCUT2D eigenvalue weighted by Crippen LogP contribution is -2.05. The van der Waals surface area contributed by atoms with Gasteiger partial charge in [0.15, 0.2) is 0 Å². The van der Waals surface area contributed by atoms with E-state index in [4.69, 9.17) is 12.6 Å². The minimum atomic E-state index is 0.330. The standard InChI is InChI=1S/C23H20S/c1-14-11-18-8-7-16-6-5-15-9-10-19(24)4-2-3-17-13-21(15)22(16)23(18)20(17)12-14/h3,5-12,19,24H,2,4,13H2,1H3. The zero-order valence-electron chi connectivity index (χ0n) is 13.8. The molecule has 0 saturated heterocycles. The van der Waals surface area contributed by atoms with Gasteiger partial charge in [0, 0.05) is 5.25 Å². The molecule has 0 aliphatic heterocycles. The van der Waals surface area contributed by atoms with Crippen molar-refractivity contribution in [2.75, 3.05) is 0 Å². The van der Waals surface area contributed by atoms with Crippen molar-refractivity contribution in [2.24, 2.45) is 0 Å². The van der Waals surface area contributed by atoms with Crippen molar-refractivity contribution in [2.45, 2.75) is 31.4 Å². The second kappa shape index (κ2) is 5.26. The van der Waals surface area contributed by atoms with Crippen LogP contribution in [-0.4, -0.2) is 5.25 Å². The largest absolute Gasteiger partial charge is 0.172 e. The Morgan fingerprint density at radius 1 is 1.00 bits per heavy atom. The van der Waals surface area contributed by atoms with Gasteiger partial charge in [-0.3, -0.25) is 0 Å². The number of rotatable bonds is 0. The molecule has 2 aliphatic rings. The van der Waals surface area contributed by atoms with E-state index in [1.54, 1.807) is 0 Å². The normalized spacial score (nSPS) is 19.2. The molecule has 0 heterocycles. The highest BCUT2D eigenvalue weighted by molar-refractivity contribution is 7.81. The fraction of sp³-hybridized carbons (Fsp3) is 0.217. The average molecular weight is 328 g/mol. The van der Waals surface area contributed by atoms with Gasteiger partial charge in [-0.05, 0) is 75.6 Å². The van der Waals surface area contributed by atoms with Crippen molar-refractivity contribution < 1.29 is 0 Å². The van der Waals surface area contributed by atoms with Crippen LogP contribution in [0.25, 0.3) is 33.2 Å². The molecular formula is C23H20S. The summed E-state index contributed by atoms with van der Waals surface area (Å²) in [6.45, 7) is 2.21. The van der Waals surface area contributed by atoms with Gasteiger partial charge in [0.2, 0.25) is 0 Å². The summed E-state index contributed by atoms with van der Waals surface area (Å²) in [5, 5.41) is 5.96. The average Bonchev–Trinajstić information content (AvgIpc) is 2.58. The first-order chi connectivity index (χ1) is 11.7. The first-order valence-electron chi connectivity index (χ1n) is 8.75. The van der Waals surface area contributed by atoms with E-state index in [2.05, 4.69) is 61.5 Å². The molecule has 0 spiro atoms. The van der Waals surface area contributed by atoms with Crippen molar-refractivity contribution in [3.63, 3.8) is 0 Å². The Bertz CT molecular complexity index is 1050. The van der Waals surface area contributed by atoms with E-state index in [1.807, 2.05) is 0 Å². The molecule has 24 heavy (non-hydrogen) atoms. The van der Waals surface area contributed by atoms with Crippen LogP contribution in [0.1, 0.15) is 35.1 Å². The predicted octanol–water partition coefficient (Wildman–Crippen LogP) is 6.35. The second-order valence-corrected chi connectivity index (χ2v) is 7.78. The molecule has 2 aliphatic carbocycles. The molecule has 1 atom stereocenters. The number of hydrogen-bond acceptors (Lipinski definition) is 1. The van der Waals surface area contributed by atoms with Crippen molar-refractivity contribution in [3.05, 3.63) is 70.8 Å². The second-order valence-electron chi connectivity index (χ2n) is 7.12. The van der Waals surface area contributed by atoms with Gasteiger partial charge in [0.25, 0.3) is 0 Å². The van der Waals surface area contributed by atoms with Gasteiger partial charge in [-0.15, -0.1) is 0 Å². The molecule has 118 valence electrons. The highest BCUT2D eigenvalue weighted by Gasteiger charge is 2.21. The lowest BCUT2D eigenvalue weighted by Gasteiger charge is -2.24. The van der Waals surface area contributed by atoms with E-state index in [0.717, 1.165) is 19.3 Å². The lowest BCUT2D eigenvalue weighted by atomic mass is 9.80. The van der Waals surface area contributed by atoms with Gasteiger partial charge in [-0.1, -0.05) is 54.6 Å². The Kier molecular flexibility index (Phi) is 3.14. The third kappa shape index (κ3) is 2.08. The number of allylic oxidation sites excluding steroid dienone is 2. The maximum Gasteiger partial charge on any atom is 0.0203 e. The van der Waals surface area contributed by atoms with Gasteiger partial charge < -0.3 is 0 Å². The van der Waals surface area contributed by atoms with Gasteiger partial charge in [-0.2, -0.15) is 12.6 Å². The quantitative estimate of drug-likeness (QED) is 0.361. The van der Waals surface area contributed by atoms with E-state index >= 15 is 0 Å². The molecule has 0 fully saturated rings. The molecule has 0 saturated carbocycles. The van der Waals surface area contributed by atoms with Gasteiger partial charge in [-0.25, -0.2) is 0 Å². The zero-order chi connectivity index (χ0) is 16.3. The SMILES string of the molecule is Cc1cc2c3c(ccc4ccc5c(c43)CC2=CCCC(S)C=C5)c1. The van der Waals surface area contributed by atoms with Crippen LogP contribution < -0.4 is 0 Å². The van der Waals surface area contributed by atoms with Crippen LogP contribution in [0.15, 0.2) is 48.6 Å². The summed E-state index contributed by atoms with van der Waals surface area (Å²) in [4.78, 5) is 0. The number of hydrogen-bond donors (Lipinski definition) is 1. The van der Waals surface area contributed by atoms with Crippen LogP contribution in [-0.2, 0) is 6.42 Å². The molecule has 0 radical (unpaired) electrons. The maximum atomic E-state index is 4.72. The van der Waals surface area contributed by atoms with Crippen LogP contribution >= 0.6 is 12.6 Å². The van der Waals surface area contributed by atoms with Crippen LogP contribution in [0, 0.1) is 6.92 Å². The molecule has 0 nitrogen and oxygen atoms in total. The molecule has 1 heteroatoms. The zero-order valence-corrected chi connectivity index (χ0v) is 14.7. The fourth-order valence-electron chi connectivity index (χ4n) is 4.33. The van der Waals surface area contributed by atoms with Gasteiger partial charge in [0.05, 0.1) is 0 Å². The molecule has 5 rings (SSSR count). The molecule has 0 amide bonds. The van der Waals surface area contributed by atoms with Crippen LogP contribution in [0.3, 0.4) is 0 Å². The van der Waals surface area contributed by atoms with Gasteiger partial charge in [0.1, 0.15) is 0 Å². The Morgan fingerprint density at radius 2 is 1.83 bits per heavy atom. The topological polar surface area (TPSA) is 0 Å². The molecule has 0 aromatic heterocycles. The third-order valence-corrected chi connectivity index (χ3v) is 5.88. The van der Waals surface area contributed by atoms with Crippen LogP contribution in [0.4, 0.5) is 0 Å². The first-order valence-corrected chi connectivity index (χ1v) is 9.27. The molecule has 3 aromatic carbocycles. The predicted molar refractivity (Wildman–Crippen MR) is 109 cm³/mol.